The molecule has 3 nitrogen and oxygen atoms in total. The number of hydrogen-bond acceptors (Lipinski definition) is 3. The van der Waals surface area contributed by atoms with Crippen LogP contribution in [0.1, 0.15) is 27.7 Å². The molecule has 0 rings (SSSR count). The summed E-state index contributed by atoms with van der Waals surface area (Å²) in [5.41, 5.74) is -0.543. The van der Waals surface area contributed by atoms with Crippen LogP contribution in [0.15, 0.2) is 12.2 Å². The van der Waals surface area contributed by atoms with Gasteiger partial charge in [0.2, 0.25) is 0 Å². The molecule has 0 heterocycles. The predicted molar refractivity (Wildman–Crippen MR) is 60.6 cm³/mol. The molecule has 0 aliphatic rings. The van der Waals surface area contributed by atoms with Gasteiger partial charge >= 0.3 is 5.97 Å². The summed E-state index contributed by atoms with van der Waals surface area (Å²) in [5.74, 6) is -0.224. The highest BCUT2D eigenvalue weighted by atomic mass is 16.5. The van der Waals surface area contributed by atoms with Crippen LogP contribution in [-0.4, -0.2) is 25.8 Å². The van der Waals surface area contributed by atoms with Gasteiger partial charge in [0.25, 0.3) is 0 Å². The van der Waals surface area contributed by atoms with Crippen molar-refractivity contribution in [3.05, 3.63) is 12.2 Å². The summed E-state index contributed by atoms with van der Waals surface area (Å²) in [6.45, 7) is 7.87. The lowest BCUT2D eigenvalue weighted by Crippen LogP contribution is -2.38. The minimum atomic E-state index is -0.543. The third kappa shape index (κ3) is 4.47. The van der Waals surface area contributed by atoms with E-state index in [-0.39, 0.29) is 11.9 Å². The van der Waals surface area contributed by atoms with E-state index in [0.29, 0.717) is 5.92 Å². The van der Waals surface area contributed by atoms with Gasteiger partial charge in [-0.3, -0.25) is 4.79 Å². The van der Waals surface area contributed by atoms with E-state index in [9.17, 15) is 4.79 Å². The van der Waals surface area contributed by atoms with Gasteiger partial charge in [0, 0.05) is 7.11 Å². The molecule has 1 atom stereocenters. The van der Waals surface area contributed by atoms with E-state index < -0.39 is 5.60 Å². The Kier molecular flexibility index (Phi) is 5.58. The summed E-state index contributed by atoms with van der Waals surface area (Å²) < 4.78 is 10.1. The Morgan fingerprint density at radius 1 is 1.20 bits per heavy atom. The van der Waals surface area contributed by atoms with Crippen LogP contribution in [0.2, 0.25) is 0 Å². The topological polar surface area (TPSA) is 35.5 Å². The van der Waals surface area contributed by atoms with Gasteiger partial charge in [-0.05, 0) is 19.8 Å². The van der Waals surface area contributed by atoms with Gasteiger partial charge in [0.05, 0.1) is 12.7 Å². The summed E-state index contributed by atoms with van der Waals surface area (Å²) in [4.78, 5) is 11.6. The number of carbonyl (C=O) groups excluding carboxylic acids is 1. The lowest BCUT2D eigenvalue weighted by atomic mass is 9.89. The molecule has 0 saturated carbocycles. The quantitative estimate of drug-likeness (QED) is 0.521. The van der Waals surface area contributed by atoms with Gasteiger partial charge in [-0.15, -0.1) is 0 Å². The number of esters is 1. The highest BCUT2D eigenvalue weighted by Gasteiger charge is 2.34. The van der Waals surface area contributed by atoms with Crippen LogP contribution in [0.5, 0.6) is 0 Å². The molecule has 0 aromatic carbocycles. The molecular weight excluding hydrogens is 192 g/mol. The average Bonchev–Trinajstić information content (AvgIpc) is 2.16. The van der Waals surface area contributed by atoms with Crippen LogP contribution in [0, 0.1) is 11.8 Å². The molecule has 0 aromatic heterocycles. The Bertz CT molecular complexity index is 229. The summed E-state index contributed by atoms with van der Waals surface area (Å²) in [7, 11) is 2.99. The van der Waals surface area contributed by atoms with Gasteiger partial charge in [-0.2, -0.15) is 0 Å². The second-order valence-corrected chi connectivity index (χ2v) is 4.44. The lowest BCUT2D eigenvalue weighted by Gasteiger charge is -2.29. The molecule has 0 radical (unpaired) electrons. The van der Waals surface area contributed by atoms with E-state index in [4.69, 9.17) is 9.47 Å². The first-order valence-electron chi connectivity index (χ1n) is 5.16. The summed E-state index contributed by atoms with van der Waals surface area (Å²) in [6.07, 6.45) is 3.85. The molecule has 0 amide bonds. The first-order chi connectivity index (χ1) is 6.85. The second-order valence-electron chi connectivity index (χ2n) is 4.44. The first kappa shape index (κ1) is 14.2. The molecule has 0 N–H and O–H groups in total. The number of methoxy groups -OCH3 is 2. The SMILES string of the molecule is COC(=O)C(C=CC(C)C)C(C)(C)OC. The number of hydrogen-bond donors (Lipinski definition) is 0. The fourth-order valence-electron chi connectivity index (χ4n) is 1.18. The molecule has 1 unspecified atom stereocenters. The second kappa shape index (κ2) is 5.91. The normalized spacial score (nSPS) is 14.6. The Morgan fingerprint density at radius 2 is 1.73 bits per heavy atom. The molecule has 3 heteroatoms. The largest absolute Gasteiger partial charge is 0.468 e. The maximum atomic E-state index is 11.6. The predicted octanol–water partition coefficient (Wildman–Crippen LogP) is 2.41. The minimum Gasteiger partial charge on any atom is -0.468 e. The summed E-state index contributed by atoms with van der Waals surface area (Å²) >= 11 is 0. The van der Waals surface area contributed by atoms with Crippen molar-refractivity contribution in [3.63, 3.8) is 0 Å². The average molecular weight is 214 g/mol. The van der Waals surface area contributed by atoms with Crippen molar-refractivity contribution in [2.45, 2.75) is 33.3 Å². The van der Waals surface area contributed by atoms with Crippen molar-refractivity contribution in [2.75, 3.05) is 14.2 Å². The van der Waals surface area contributed by atoms with Crippen molar-refractivity contribution in [2.24, 2.45) is 11.8 Å². The monoisotopic (exact) mass is 214 g/mol. The first-order valence-corrected chi connectivity index (χ1v) is 5.16. The van der Waals surface area contributed by atoms with Crippen molar-refractivity contribution < 1.29 is 14.3 Å². The summed E-state index contributed by atoms with van der Waals surface area (Å²) in [6, 6.07) is 0. The van der Waals surface area contributed by atoms with E-state index in [1.807, 2.05) is 26.0 Å². The third-order valence-electron chi connectivity index (χ3n) is 2.42. The van der Waals surface area contributed by atoms with Crippen LogP contribution < -0.4 is 0 Å². The Morgan fingerprint density at radius 3 is 2.07 bits per heavy atom. The van der Waals surface area contributed by atoms with E-state index in [1.165, 1.54) is 7.11 Å². The van der Waals surface area contributed by atoms with E-state index >= 15 is 0 Å². The third-order valence-corrected chi connectivity index (χ3v) is 2.42. The number of carbonyl (C=O) groups is 1. The molecule has 0 saturated heterocycles. The number of rotatable bonds is 5. The van der Waals surface area contributed by atoms with Crippen molar-refractivity contribution in [1.82, 2.24) is 0 Å². The van der Waals surface area contributed by atoms with Crippen LogP contribution >= 0.6 is 0 Å². The molecule has 0 aliphatic carbocycles. The lowest BCUT2D eigenvalue weighted by molar-refractivity contribution is -0.152. The smallest absolute Gasteiger partial charge is 0.315 e. The van der Waals surface area contributed by atoms with Gasteiger partial charge in [-0.25, -0.2) is 0 Å². The van der Waals surface area contributed by atoms with Crippen molar-refractivity contribution >= 4 is 5.97 Å². The maximum absolute atomic E-state index is 11.6. The zero-order chi connectivity index (χ0) is 12.1. The number of ether oxygens (including phenoxy) is 2. The van der Waals surface area contributed by atoms with Gasteiger partial charge in [0.1, 0.15) is 5.92 Å². The van der Waals surface area contributed by atoms with E-state index in [2.05, 4.69) is 13.8 Å². The molecule has 0 fully saturated rings. The number of allylic oxidation sites excluding steroid dienone is 1. The van der Waals surface area contributed by atoms with E-state index in [1.54, 1.807) is 7.11 Å². The molecule has 15 heavy (non-hydrogen) atoms. The van der Waals surface area contributed by atoms with Gasteiger partial charge < -0.3 is 9.47 Å². The van der Waals surface area contributed by atoms with Gasteiger partial charge in [-0.1, -0.05) is 26.0 Å². The fourth-order valence-corrected chi connectivity index (χ4v) is 1.18. The Hall–Kier alpha value is -0.830. The molecule has 0 aliphatic heterocycles. The zero-order valence-corrected chi connectivity index (χ0v) is 10.5. The van der Waals surface area contributed by atoms with Crippen molar-refractivity contribution in [3.8, 4) is 0 Å². The molecule has 0 bridgehead atoms. The van der Waals surface area contributed by atoms with E-state index in [0.717, 1.165) is 0 Å². The Labute approximate surface area is 92.5 Å². The fraction of sp³-hybridized carbons (Fsp3) is 0.750. The van der Waals surface area contributed by atoms with Crippen LogP contribution in [0.25, 0.3) is 0 Å². The highest BCUT2D eigenvalue weighted by molar-refractivity contribution is 5.75. The van der Waals surface area contributed by atoms with Crippen LogP contribution in [-0.2, 0) is 14.3 Å². The molecular formula is C12H22O3. The maximum Gasteiger partial charge on any atom is 0.315 e. The Balaban J connectivity index is 4.82. The molecule has 88 valence electrons. The standard InChI is InChI=1S/C12H22O3/c1-9(2)7-8-10(11(13)14-5)12(3,4)15-6/h7-10H,1-6H3. The summed E-state index contributed by atoms with van der Waals surface area (Å²) in [5, 5.41) is 0. The zero-order valence-electron chi connectivity index (χ0n) is 10.5. The van der Waals surface area contributed by atoms with Gasteiger partial charge in [0.15, 0.2) is 0 Å². The highest BCUT2D eigenvalue weighted by Crippen LogP contribution is 2.23. The molecule has 0 aromatic rings. The van der Waals surface area contributed by atoms with Crippen LogP contribution in [0.4, 0.5) is 0 Å². The van der Waals surface area contributed by atoms with Crippen molar-refractivity contribution in [1.29, 1.82) is 0 Å². The van der Waals surface area contributed by atoms with Crippen LogP contribution in [0.3, 0.4) is 0 Å². The minimum absolute atomic E-state index is 0.265. The molecule has 0 spiro atoms.